The van der Waals surface area contributed by atoms with Crippen molar-refractivity contribution in [3.8, 4) is 17.2 Å². The molecule has 3 aromatic carbocycles. The molecule has 0 saturated carbocycles. The van der Waals surface area contributed by atoms with Crippen LogP contribution in [0.15, 0.2) is 66.7 Å². The summed E-state index contributed by atoms with van der Waals surface area (Å²) in [6.07, 6.45) is 0. The largest absolute Gasteiger partial charge is 0.507 e. The predicted octanol–water partition coefficient (Wildman–Crippen LogP) is 4.79. The van der Waals surface area contributed by atoms with E-state index >= 15 is 0 Å². The van der Waals surface area contributed by atoms with Crippen molar-refractivity contribution in [1.29, 1.82) is 0 Å². The molecule has 0 fully saturated rings. The smallest absolute Gasteiger partial charge is 0.167 e. The van der Waals surface area contributed by atoms with E-state index in [1.807, 2.05) is 60.7 Å². The van der Waals surface area contributed by atoms with E-state index in [0.29, 0.717) is 17.1 Å². The number of hydrogen-bond donors (Lipinski definition) is 1. The molecule has 4 nitrogen and oxygen atoms in total. The third-order valence-corrected chi connectivity index (χ3v) is 4.61. The lowest BCUT2D eigenvalue weighted by Gasteiger charge is -2.24. The van der Waals surface area contributed by atoms with Gasteiger partial charge in [-0.05, 0) is 18.1 Å². The summed E-state index contributed by atoms with van der Waals surface area (Å²) in [5.74, 6) is 0.0726. The number of carbonyl (C=O) groups excluding carboxylic acids is 1. The van der Waals surface area contributed by atoms with E-state index in [9.17, 15) is 9.90 Å². The predicted molar refractivity (Wildman–Crippen MR) is 105 cm³/mol. The Morgan fingerprint density at radius 3 is 1.74 bits per heavy atom. The van der Waals surface area contributed by atoms with Gasteiger partial charge in [0, 0.05) is 17.5 Å². The molecule has 138 valence electrons. The van der Waals surface area contributed by atoms with Crippen LogP contribution in [-0.4, -0.2) is 25.1 Å². The summed E-state index contributed by atoms with van der Waals surface area (Å²) in [6, 6.07) is 21.3. The number of methoxy groups -OCH3 is 2. The second kappa shape index (κ2) is 7.96. The number of rotatable bonds is 6. The van der Waals surface area contributed by atoms with Crippen LogP contribution in [-0.2, 0) is 0 Å². The van der Waals surface area contributed by atoms with Crippen LogP contribution in [0.1, 0.15) is 39.9 Å². The van der Waals surface area contributed by atoms with Crippen molar-refractivity contribution in [1.82, 2.24) is 0 Å². The molecule has 0 bridgehead atoms. The third kappa shape index (κ3) is 3.51. The van der Waals surface area contributed by atoms with Crippen molar-refractivity contribution in [2.45, 2.75) is 12.8 Å². The maximum Gasteiger partial charge on any atom is 0.167 e. The molecule has 3 aromatic rings. The van der Waals surface area contributed by atoms with Gasteiger partial charge in [0.15, 0.2) is 5.78 Å². The first-order valence-corrected chi connectivity index (χ1v) is 8.67. The summed E-state index contributed by atoms with van der Waals surface area (Å²) in [6.45, 7) is 1.41. The fourth-order valence-corrected chi connectivity index (χ4v) is 3.40. The Morgan fingerprint density at radius 1 is 0.852 bits per heavy atom. The van der Waals surface area contributed by atoms with Gasteiger partial charge in [-0.15, -0.1) is 0 Å². The zero-order chi connectivity index (χ0) is 19.4. The maximum atomic E-state index is 12.2. The van der Waals surface area contributed by atoms with E-state index in [4.69, 9.17) is 9.47 Å². The Morgan fingerprint density at radius 2 is 1.33 bits per heavy atom. The minimum absolute atomic E-state index is 0.114. The standard InChI is InChI=1S/C23H22O4/c1-15(24)20-18(26-2)14-19(27-3)22(23(20)25)21(16-10-6-4-7-11-16)17-12-8-5-9-13-17/h4-14,21,25H,1-3H3. The van der Waals surface area contributed by atoms with Crippen molar-refractivity contribution in [3.63, 3.8) is 0 Å². The molecule has 0 unspecified atom stereocenters. The second-order valence-corrected chi connectivity index (χ2v) is 6.23. The third-order valence-electron chi connectivity index (χ3n) is 4.61. The van der Waals surface area contributed by atoms with Gasteiger partial charge in [0.05, 0.1) is 14.2 Å². The summed E-state index contributed by atoms with van der Waals surface area (Å²) < 4.78 is 10.9. The number of Topliss-reactive ketones (excluding diaryl/α,β-unsaturated/α-hetero) is 1. The molecule has 3 rings (SSSR count). The Labute approximate surface area is 159 Å². The van der Waals surface area contributed by atoms with Gasteiger partial charge in [0.1, 0.15) is 22.8 Å². The summed E-state index contributed by atoms with van der Waals surface area (Å²) in [5, 5.41) is 11.1. The molecule has 0 heterocycles. The van der Waals surface area contributed by atoms with Crippen molar-refractivity contribution in [3.05, 3.63) is 89.0 Å². The summed E-state index contributed by atoms with van der Waals surface area (Å²) >= 11 is 0. The van der Waals surface area contributed by atoms with Gasteiger partial charge in [-0.2, -0.15) is 0 Å². The van der Waals surface area contributed by atoms with Gasteiger partial charge < -0.3 is 14.6 Å². The molecular weight excluding hydrogens is 340 g/mol. The number of ketones is 1. The highest BCUT2D eigenvalue weighted by Crippen LogP contribution is 2.47. The summed E-state index contributed by atoms with van der Waals surface area (Å²) in [5.41, 5.74) is 2.67. The molecule has 1 N–H and O–H groups in total. The summed E-state index contributed by atoms with van der Waals surface area (Å²) in [7, 11) is 3.00. The quantitative estimate of drug-likeness (QED) is 0.506. The second-order valence-electron chi connectivity index (χ2n) is 6.23. The first kappa shape index (κ1) is 18.5. The zero-order valence-electron chi connectivity index (χ0n) is 15.6. The average Bonchev–Trinajstić information content (AvgIpc) is 2.70. The molecule has 0 amide bonds. The van der Waals surface area contributed by atoms with E-state index in [0.717, 1.165) is 11.1 Å². The lowest BCUT2D eigenvalue weighted by molar-refractivity contribution is 0.101. The first-order chi connectivity index (χ1) is 13.1. The number of phenolic OH excluding ortho intramolecular Hbond substituents is 1. The average molecular weight is 362 g/mol. The number of phenols is 1. The molecule has 0 atom stereocenters. The van der Waals surface area contributed by atoms with E-state index in [2.05, 4.69) is 0 Å². The highest BCUT2D eigenvalue weighted by molar-refractivity contribution is 6.00. The Balaban J connectivity index is 2.36. The molecular formula is C23H22O4. The van der Waals surface area contributed by atoms with E-state index < -0.39 is 0 Å². The van der Waals surface area contributed by atoms with Crippen LogP contribution >= 0.6 is 0 Å². The topological polar surface area (TPSA) is 55.8 Å². The van der Waals surface area contributed by atoms with Crippen molar-refractivity contribution in [2.75, 3.05) is 14.2 Å². The Bertz CT molecular complexity index is 894. The summed E-state index contributed by atoms with van der Waals surface area (Å²) in [4.78, 5) is 12.2. The molecule has 0 saturated heterocycles. The number of benzene rings is 3. The molecule has 0 aromatic heterocycles. The molecule has 27 heavy (non-hydrogen) atoms. The van der Waals surface area contributed by atoms with Crippen molar-refractivity contribution < 1.29 is 19.4 Å². The van der Waals surface area contributed by atoms with Crippen LogP contribution in [0.5, 0.6) is 17.2 Å². The van der Waals surface area contributed by atoms with E-state index in [1.54, 1.807) is 6.07 Å². The number of ether oxygens (including phenoxy) is 2. The number of aromatic hydroxyl groups is 1. The maximum absolute atomic E-state index is 12.2. The minimum Gasteiger partial charge on any atom is -0.507 e. The number of carbonyl (C=O) groups is 1. The van der Waals surface area contributed by atoms with Gasteiger partial charge >= 0.3 is 0 Å². The van der Waals surface area contributed by atoms with Crippen molar-refractivity contribution >= 4 is 5.78 Å². The zero-order valence-corrected chi connectivity index (χ0v) is 15.6. The van der Waals surface area contributed by atoms with Gasteiger partial charge in [-0.3, -0.25) is 4.79 Å². The van der Waals surface area contributed by atoms with Crippen LogP contribution in [0.4, 0.5) is 0 Å². The van der Waals surface area contributed by atoms with E-state index in [1.165, 1.54) is 21.1 Å². The normalized spacial score (nSPS) is 10.7. The lowest BCUT2D eigenvalue weighted by Crippen LogP contribution is -2.09. The SMILES string of the molecule is COc1cc(OC)c(C(c2ccccc2)c2ccccc2)c(O)c1C(C)=O. The van der Waals surface area contributed by atoms with Crippen LogP contribution < -0.4 is 9.47 Å². The Hall–Kier alpha value is -3.27. The minimum atomic E-state index is -0.300. The molecule has 0 spiro atoms. The monoisotopic (exact) mass is 362 g/mol. The first-order valence-electron chi connectivity index (χ1n) is 8.67. The molecule has 0 radical (unpaired) electrons. The highest BCUT2D eigenvalue weighted by Gasteiger charge is 2.29. The van der Waals surface area contributed by atoms with Gasteiger partial charge in [-0.1, -0.05) is 60.7 Å². The Kier molecular flexibility index (Phi) is 5.46. The number of hydrogen-bond acceptors (Lipinski definition) is 4. The molecule has 0 aliphatic heterocycles. The van der Waals surface area contributed by atoms with E-state index in [-0.39, 0.29) is 23.0 Å². The van der Waals surface area contributed by atoms with Crippen LogP contribution in [0.25, 0.3) is 0 Å². The van der Waals surface area contributed by atoms with Crippen molar-refractivity contribution in [2.24, 2.45) is 0 Å². The van der Waals surface area contributed by atoms with Crippen LogP contribution in [0, 0.1) is 0 Å². The fourth-order valence-electron chi connectivity index (χ4n) is 3.40. The van der Waals surface area contributed by atoms with Gasteiger partial charge in [-0.25, -0.2) is 0 Å². The van der Waals surface area contributed by atoms with Gasteiger partial charge in [0.2, 0.25) is 0 Å². The fraction of sp³-hybridized carbons (Fsp3) is 0.174. The van der Waals surface area contributed by atoms with Crippen LogP contribution in [0.2, 0.25) is 0 Å². The molecule has 4 heteroatoms. The molecule has 0 aliphatic rings. The van der Waals surface area contributed by atoms with Gasteiger partial charge in [0.25, 0.3) is 0 Å². The van der Waals surface area contributed by atoms with Crippen LogP contribution in [0.3, 0.4) is 0 Å². The lowest BCUT2D eigenvalue weighted by atomic mass is 9.83. The highest BCUT2D eigenvalue weighted by atomic mass is 16.5. The molecule has 0 aliphatic carbocycles.